The van der Waals surface area contributed by atoms with Crippen molar-refractivity contribution < 1.29 is 13.2 Å². The van der Waals surface area contributed by atoms with E-state index in [1.54, 1.807) is 11.0 Å². The number of hydrogen-bond donors (Lipinski definition) is 2. The molecule has 0 saturated carbocycles. The fraction of sp³-hybridized carbons (Fsp3) is 0.462. The monoisotopic (exact) mass is 314 g/mol. The van der Waals surface area contributed by atoms with Gasteiger partial charge in [0.1, 0.15) is 0 Å². The van der Waals surface area contributed by atoms with Crippen LogP contribution in [0.15, 0.2) is 23.1 Å². The van der Waals surface area contributed by atoms with Gasteiger partial charge in [-0.05, 0) is 18.2 Å². The van der Waals surface area contributed by atoms with Gasteiger partial charge in [0.15, 0.2) is 0 Å². The molecule has 1 amide bonds. The van der Waals surface area contributed by atoms with Gasteiger partial charge in [-0.1, -0.05) is 0 Å². The van der Waals surface area contributed by atoms with Crippen LogP contribution in [0.5, 0.6) is 0 Å². The van der Waals surface area contributed by atoms with E-state index < -0.39 is 10.0 Å². The molecule has 0 bridgehead atoms. The van der Waals surface area contributed by atoms with E-state index in [9.17, 15) is 13.2 Å². The predicted molar refractivity (Wildman–Crippen MR) is 83.9 cm³/mol. The Labute approximate surface area is 125 Å². The first-order valence-corrected chi connectivity index (χ1v) is 7.88. The summed E-state index contributed by atoms with van der Waals surface area (Å²) < 4.78 is 25.4. The summed E-state index contributed by atoms with van der Waals surface area (Å²) in [5.74, 6) is -0.250. The summed E-state index contributed by atoms with van der Waals surface area (Å²) in [7, 11) is 3.00. The van der Waals surface area contributed by atoms with Crippen LogP contribution in [0.25, 0.3) is 0 Å². The molecule has 0 saturated heterocycles. The number of amides is 1. The number of benzene rings is 1. The van der Waals surface area contributed by atoms with Crippen molar-refractivity contribution in [3.8, 4) is 0 Å². The van der Waals surface area contributed by atoms with Crippen LogP contribution in [0.2, 0.25) is 0 Å². The van der Waals surface area contributed by atoms with Crippen LogP contribution in [0.4, 0.5) is 11.4 Å². The highest BCUT2D eigenvalue weighted by Gasteiger charge is 2.19. The molecule has 118 valence electrons. The van der Waals surface area contributed by atoms with Crippen molar-refractivity contribution >= 4 is 27.3 Å². The molecule has 0 heterocycles. The molecule has 8 heteroatoms. The van der Waals surface area contributed by atoms with E-state index >= 15 is 0 Å². The summed E-state index contributed by atoms with van der Waals surface area (Å²) in [6.07, 6.45) is 0.178. The first kappa shape index (κ1) is 17.4. The Balaban J connectivity index is 3.28. The smallest absolute Gasteiger partial charge is 0.242 e. The first-order valence-electron chi connectivity index (χ1n) is 6.44. The van der Waals surface area contributed by atoms with Crippen molar-refractivity contribution in [1.82, 2.24) is 4.31 Å². The molecule has 1 rings (SSSR count). The number of nitrogens with zero attached hydrogens (tertiary/aromatic N) is 2. The van der Waals surface area contributed by atoms with Gasteiger partial charge in [0, 0.05) is 41.2 Å². The maximum atomic E-state index is 12.2. The lowest BCUT2D eigenvalue weighted by Crippen LogP contribution is -2.23. The van der Waals surface area contributed by atoms with Gasteiger partial charge >= 0.3 is 0 Å². The number of nitrogens with one attached hydrogen (secondary N) is 1. The molecule has 7 nitrogen and oxygen atoms in total. The number of hydrogen-bond acceptors (Lipinski definition) is 5. The third kappa shape index (κ3) is 4.16. The fourth-order valence-corrected chi connectivity index (χ4v) is 2.65. The molecule has 0 atom stereocenters. The molecule has 21 heavy (non-hydrogen) atoms. The average Bonchev–Trinajstić information content (AvgIpc) is 2.38. The van der Waals surface area contributed by atoms with Gasteiger partial charge in [-0.2, -0.15) is 0 Å². The van der Waals surface area contributed by atoms with Crippen molar-refractivity contribution in [2.24, 2.45) is 5.73 Å². The molecule has 0 aliphatic carbocycles. The third-order valence-corrected chi connectivity index (χ3v) is 4.68. The normalized spacial score (nSPS) is 11.5. The van der Waals surface area contributed by atoms with Crippen LogP contribution in [0.1, 0.15) is 6.42 Å². The number of rotatable bonds is 6. The number of nitrogens with two attached hydrogens (primary N) is 1. The second-order valence-electron chi connectivity index (χ2n) is 4.95. The van der Waals surface area contributed by atoms with Gasteiger partial charge in [0.2, 0.25) is 15.9 Å². The Hall–Kier alpha value is -1.64. The summed E-state index contributed by atoms with van der Waals surface area (Å²) in [5, 5.41) is 2.70. The van der Waals surface area contributed by atoms with Crippen LogP contribution in [0, 0.1) is 0 Å². The summed E-state index contributed by atoms with van der Waals surface area (Å²) in [6.45, 7) is 0.235. The topological polar surface area (TPSA) is 95.7 Å². The van der Waals surface area contributed by atoms with Crippen LogP contribution >= 0.6 is 0 Å². The Kier molecular flexibility index (Phi) is 5.70. The minimum absolute atomic E-state index is 0.126. The zero-order valence-electron chi connectivity index (χ0n) is 12.8. The lowest BCUT2D eigenvalue weighted by molar-refractivity contribution is -0.116. The molecule has 1 aromatic rings. The molecule has 0 aliphatic heterocycles. The molecule has 0 radical (unpaired) electrons. The average molecular weight is 314 g/mol. The predicted octanol–water partition coefficient (Wildman–Crippen LogP) is 0.290. The molecular formula is C13H22N4O3S. The van der Waals surface area contributed by atoms with E-state index in [1.165, 1.54) is 26.2 Å². The lowest BCUT2D eigenvalue weighted by atomic mass is 10.2. The number of carbonyl (C=O) groups excluding carboxylic acids is 1. The Bertz CT molecular complexity index is 612. The minimum Gasteiger partial charge on any atom is -0.376 e. The quantitative estimate of drug-likeness (QED) is 0.787. The van der Waals surface area contributed by atoms with E-state index in [0.29, 0.717) is 5.69 Å². The second kappa shape index (κ2) is 6.88. The van der Waals surface area contributed by atoms with Gasteiger partial charge in [-0.25, -0.2) is 12.7 Å². The van der Waals surface area contributed by atoms with Gasteiger partial charge in [0.05, 0.1) is 16.3 Å². The number of anilines is 2. The lowest BCUT2D eigenvalue weighted by Gasteiger charge is -2.20. The Morgan fingerprint density at radius 2 is 1.86 bits per heavy atom. The van der Waals surface area contributed by atoms with E-state index in [1.807, 2.05) is 14.1 Å². The number of sulfonamides is 1. The largest absolute Gasteiger partial charge is 0.376 e. The first-order chi connectivity index (χ1) is 9.70. The highest BCUT2D eigenvalue weighted by Crippen LogP contribution is 2.28. The molecule has 0 spiro atoms. The zero-order chi connectivity index (χ0) is 16.2. The van der Waals surface area contributed by atoms with Gasteiger partial charge in [0.25, 0.3) is 0 Å². The van der Waals surface area contributed by atoms with Gasteiger partial charge < -0.3 is 16.0 Å². The molecule has 1 aromatic carbocycles. The highest BCUT2D eigenvalue weighted by molar-refractivity contribution is 7.89. The van der Waals surface area contributed by atoms with Crippen molar-refractivity contribution in [2.45, 2.75) is 11.3 Å². The maximum absolute atomic E-state index is 12.2. The summed E-state index contributed by atoms with van der Waals surface area (Å²) in [6, 6.07) is 4.64. The SMILES string of the molecule is CN(C)c1ccc(S(=O)(=O)N(C)C)cc1NC(=O)CCN. The van der Waals surface area contributed by atoms with E-state index in [-0.39, 0.29) is 23.8 Å². The Morgan fingerprint density at radius 1 is 1.24 bits per heavy atom. The van der Waals surface area contributed by atoms with Crippen LogP contribution in [0.3, 0.4) is 0 Å². The highest BCUT2D eigenvalue weighted by atomic mass is 32.2. The Morgan fingerprint density at radius 3 is 2.33 bits per heavy atom. The molecular weight excluding hydrogens is 292 g/mol. The van der Waals surface area contributed by atoms with E-state index in [2.05, 4.69) is 5.32 Å². The van der Waals surface area contributed by atoms with Crippen molar-refractivity contribution in [1.29, 1.82) is 0 Å². The maximum Gasteiger partial charge on any atom is 0.242 e. The van der Waals surface area contributed by atoms with Gasteiger partial charge in [-0.15, -0.1) is 0 Å². The molecule has 0 unspecified atom stereocenters. The van der Waals surface area contributed by atoms with Crippen molar-refractivity contribution in [3.05, 3.63) is 18.2 Å². The van der Waals surface area contributed by atoms with E-state index in [4.69, 9.17) is 5.73 Å². The summed E-state index contributed by atoms with van der Waals surface area (Å²) in [5.41, 5.74) is 6.51. The minimum atomic E-state index is -3.55. The fourth-order valence-electron chi connectivity index (χ4n) is 1.72. The third-order valence-electron chi connectivity index (χ3n) is 2.87. The number of carbonyl (C=O) groups is 1. The van der Waals surface area contributed by atoms with Crippen LogP contribution in [-0.2, 0) is 14.8 Å². The van der Waals surface area contributed by atoms with Crippen LogP contribution < -0.4 is 16.0 Å². The van der Waals surface area contributed by atoms with Crippen molar-refractivity contribution in [3.63, 3.8) is 0 Å². The molecule has 0 aromatic heterocycles. The molecule has 3 N–H and O–H groups in total. The summed E-state index contributed by atoms with van der Waals surface area (Å²) >= 11 is 0. The summed E-state index contributed by atoms with van der Waals surface area (Å²) in [4.78, 5) is 13.6. The van der Waals surface area contributed by atoms with Crippen molar-refractivity contribution in [2.75, 3.05) is 45.0 Å². The van der Waals surface area contributed by atoms with E-state index in [0.717, 1.165) is 9.99 Å². The molecule has 0 fully saturated rings. The molecule has 0 aliphatic rings. The second-order valence-corrected chi connectivity index (χ2v) is 7.10. The van der Waals surface area contributed by atoms with Crippen LogP contribution in [-0.4, -0.2) is 53.4 Å². The van der Waals surface area contributed by atoms with Gasteiger partial charge in [-0.3, -0.25) is 4.79 Å². The zero-order valence-corrected chi connectivity index (χ0v) is 13.6. The standard InChI is InChI=1S/C13H22N4O3S/c1-16(2)12-6-5-10(21(19,20)17(3)4)9-11(12)15-13(18)7-8-14/h5-6,9H,7-8,14H2,1-4H3,(H,15,18).